The van der Waals surface area contributed by atoms with Crippen molar-refractivity contribution in [3.63, 3.8) is 0 Å². The van der Waals surface area contributed by atoms with Crippen LogP contribution in [0.1, 0.15) is 26.2 Å². The van der Waals surface area contributed by atoms with Crippen molar-refractivity contribution in [2.45, 2.75) is 26.2 Å². The summed E-state index contributed by atoms with van der Waals surface area (Å²) < 4.78 is 0. The van der Waals surface area contributed by atoms with Crippen LogP contribution in [0.4, 0.5) is 0 Å². The maximum Gasteiger partial charge on any atom is 0.303 e. The molecule has 0 aliphatic rings. The van der Waals surface area contributed by atoms with Gasteiger partial charge in [0, 0.05) is 19.0 Å². The van der Waals surface area contributed by atoms with Crippen molar-refractivity contribution in [3.05, 3.63) is 12.2 Å². The van der Waals surface area contributed by atoms with E-state index in [4.69, 9.17) is 5.11 Å². The van der Waals surface area contributed by atoms with Gasteiger partial charge < -0.3 is 10.4 Å². The van der Waals surface area contributed by atoms with E-state index < -0.39 is 5.97 Å². The van der Waals surface area contributed by atoms with Gasteiger partial charge in [0.05, 0.1) is 0 Å². The van der Waals surface area contributed by atoms with Crippen LogP contribution in [0.2, 0.25) is 0 Å². The number of amides is 1. The van der Waals surface area contributed by atoms with E-state index in [1.165, 1.54) is 19.1 Å². The zero-order valence-electron chi connectivity index (χ0n) is 8.66. The number of aliphatic carboxylic acids is 1. The van der Waals surface area contributed by atoms with Crippen LogP contribution in [0.5, 0.6) is 0 Å². The van der Waals surface area contributed by atoms with Crippen molar-refractivity contribution < 1.29 is 19.5 Å². The first kappa shape index (κ1) is 13.4. The van der Waals surface area contributed by atoms with Crippen LogP contribution in [0, 0.1) is 0 Å². The molecule has 0 bridgehead atoms. The zero-order valence-corrected chi connectivity index (χ0v) is 8.66. The van der Waals surface area contributed by atoms with Gasteiger partial charge in [-0.2, -0.15) is 0 Å². The molecule has 15 heavy (non-hydrogen) atoms. The summed E-state index contributed by atoms with van der Waals surface area (Å²) in [6.07, 6.45) is 3.61. The van der Waals surface area contributed by atoms with E-state index in [2.05, 4.69) is 5.32 Å². The second kappa shape index (κ2) is 7.73. The number of carbonyl (C=O) groups excluding carboxylic acids is 2. The molecule has 2 N–H and O–H groups in total. The molecule has 0 heterocycles. The number of hydrogen-bond acceptors (Lipinski definition) is 3. The molecule has 0 spiro atoms. The maximum atomic E-state index is 11.0. The summed E-state index contributed by atoms with van der Waals surface area (Å²) in [4.78, 5) is 31.6. The molecule has 0 rings (SSSR count). The van der Waals surface area contributed by atoms with Gasteiger partial charge in [0.25, 0.3) is 0 Å². The lowest BCUT2D eigenvalue weighted by atomic mass is 10.2. The van der Waals surface area contributed by atoms with Gasteiger partial charge in [-0.25, -0.2) is 0 Å². The number of carbonyl (C=O) groups is 3. The number of nitrogens with one attached hydrogen (secondary N) is 1. The summed E-state index contributed by atoms with van der Waals surface area (Å²) in [5, 5.41) is 10.9. The summed E-state index contributed by atoms with van der Waals surface area (Å²) in [7, 11) is 0. The van der Waals surface area contributed by atoms with Gasteiger partial charge in [-0.05, 0) is 25.8 Å². The Balaban J connectivity index is 3.47. The van der Waals surface area contributed by atoms with E-state index in [1.54, 1.807) is 0 Å². The summed E-state index contributed by atoms with van der Waals surface area (Å²) in [6, 6.07) is 0. The standard InChI is InChI=1S/C10H15NO4/c1-8(12)5-6-9(13)11-7-3-2-4-10(14)15/h5-6H,2-4,7H2,1H3,(H,11,13)(H,14,15)/b6-5+. The molecule has 1 amide bonds. The van der Waals surface area contributed by atoms with Crippen LogP contribution in [0.3, 0.4) is 0 Å². The van der Waals surface area contributed by atoms with Crippen LogP contribution in [-0.4, -0.2) is 29.3 Å². The quantitative estimate of drug-likeness (QED) is 0.476. The second-order valence-corrected chi connectivity index (χ2v) is 3.09. The van der Waals surface area contributed by atoms with Crippen LogP contribution in [-0.2, 0) is 14.4 Å². The highest BCUT2D eigenvalue weighted by atomic mass is 16.4. The number of hydrogen-bond donors (Lipinski definition) is 2. The molecule has 0 unspecified atom stereocenters. The SMILES string of the molecule is CC(=O)/C=C/C(=O)NCCCCC(=O)O. The van der Waals surface area contributed by atoms with Gasteiger partial charge in [0.1, 0.15) is 0 Å². The van der Waals surface area contributed by atoms with E-state index in [-0.39, 0.29) is 18.1 Å². The first-order chi connectivity index (χ1) is 7.02. The highest BCUT2D eigenvalue weighted by Gasteiger charge is 1.98. The van der Waals surface area contributed by atoms with E-state index in [9.17, 15) is 14.4 Å². The maximum absolute atomic E-state index is 11.0. The fraction of sp³-hybridized carbons (Fsp3) is 0.500. The number of carboxylic acids is 1. The third-order valence-electron chi connectivity index (χ3n) is 1.59. The normalized spacial score (nSPS) is 10.2. The zero-order chi connectivity index (χ0) is 11.7. The minimum absolute atomic E-state index is 0.110. The fourth-order valence-corrected chi connectivity index (χ4v) is 0.865. The summed E-state index contributed by atoms with van der Waals surface area (Å²) in [5.74, 6) is -1.35. The summed E-state index contributed by atoms with van der Waals surface area (Å²) in [5.41, 5.74) is 0. The Bertz CT molecular complexity index is 271. The van der Waals surface area contributed by atoms with Gasteiger partial charge in [-0.1, -0.05) is 0 Å². The lowest BCUT2D eigenvalue weighted by Gasteiger charge is -2.00. The Morgan fingerprint density at radius 3 is 2.40 bits per heavy atom. The predicted molar refractivity (Wildman–Crippen MR) is 54.3 cm³/mol. The minimum atomic E-state index is -0.835. The Labute approximate surface area is 88.2 Å². The molecule has 0 aliphatic heterocycles. The Morgan fingerprint density at radius 1 is 1.20 bits per heavy atom. The highest BCUT2D eigenvalue weighted by molar-refractivity contribution is 5.96. The molecule has 0 aromatic heterocycles. The number of unbranched alkanes of at least 4 members (excludes halogenated alkanes) is 1. The van der Waals surface area contributed by atoms with Crippen LogP contribution < -0.4 is 5.32 Å². The molecule has 0 saturated carbocycles. The minimum Gasteiger partial charge on any atom is -0.481 e. The van der Waals surface area contributed by atoms with Crippen LogP contribution >= 0.6 is 0 Å². The lowest BCUT2D eigenvalue weighted by molar-refractivity contribution is -0.137. The van der Waals surface area contributed by atoms with E-state index in [0.29, 0.717) is 19.4 Å². The van der Waals surface area contributed by atoms with Crippen molar-refractivity contribution in [1.29, 1.82) is 0 Å². The van der Waals surface area contributed by atoms with Crippen LogP contribution in [0.25, 0.3) is 0 Å². The van der Waals surface area contributed by atoms with Gasteiger partial charge in [-0.3, -0.25) is 14.4 Å². The van der Waals surface area contributed by atoms with Gasteiger partial charge in [0.15, 0.2) is 5.78 Å². The molecular formula is C10H15NO4. The van der Waals surface area contributed by atoms with Gasteiger partial charge >= 0.3 is 5.97 Å². The molecule has 0 fully saturated rings. The third kappa shape index (κ3) is 10.3. The lowest BCUT2D eigenvalue weighted by Crippen LogP contribution is -2.22. The molecule has 0 aromatic rings. The summed E-state index contributed by atoms with van der Waals surface area (Å²) >= 11 is 0. The van der Waals surface area contributed by atoms with Crippen LogP contribution in [0.15, 0.2) is 12.2 Å². The van der Waals surface area contributed by atoms with Crippen molar-refractivity contribution >= 4 is 17.7 Å². The van der Waals surface area contributed by atoms with Crippen molar-refractivity contribution in [3.8, 4) is 0 Å². The molecule has 0 atom stereocenters. The van der Waals surface area contributed by atoms with E-state index in [0.717, 1.165) is 0 Å². The van der Waals surface area contributed by atoms with Gasteiger partial charge in [-0.15, -0.1) is 0 Å². The molecule has 84 valence electrons. The molecule has 0 saturated heterocycles. The summed E-state index contributed by atoms with van der Waals surface area (Å²) in [6.45, 7) is 1.78. The smallest absolute Gasteiger partial charge is 0.303 e. The topological polar surface area (TPSA) is 83.5 Å². The van der Waals surface area contributed by atoms with E-state index >= 15 is 0 Å². The van der Waals surface area contributed by atoms with Crippen molar-refractivity contribution in [2.24, 2.45) is 0 Å². The largest absolute Gasteiger partial charge is 0.481 e. The number of allylic oxidation sites excluding steroid dienone is 1. The molecule has 5 heteroatoms. The molecule has 5 nitrogen and oxygen atoms in total. The Morgan fingerprint density at radius 2 is 1.87 bits per heavy atom. The molecule has 0 radical (unpaired) electrons. The first-order valence-corrected chi connectivity index (χ1v) is 4.70. The first-order valence-electron chi connectivity index (χ1n) is 4.70. The van der Waals surface area contributed by atoms with Crippen molar-refractivity contribution in [2.75, 3.05) is 6.54 Å². The predicted octanol–water partition coefficient (Wildman–Crippen LogP) is 0.503. The molecular weight excluding hydrogens is 198 g/mol. The number of rotatable bonds is 7. The third-order valence-corrected chi connectivity index (χ3v) is 1.59. The average molecular weight is 213 g/mol. The fourth-order valence-electron chi connectivity index (χ4n) is 0.865. The number of carboxylic acid groups (broad SMARTS) is 1. The Hall–Kier alpha value is -1.65. The monoisotopic (exact) mass is 213 g/mol. The second-order valence-electron chi connectivity index (χ2n) is 3.09. The van der Waals surface area contributed by atoms with E-state index in [1.807, 2.05) is 0 Å². The Kier molecular flexibility index (Phi) is 6.88. The average Bonchev–Trinajstić information content (AvgIpc) is 2.13. The number of ketones is 1. The molecule has 0 aliphatic carbocycles. The van der Waals surface area contributed by atoms with Gasteiger partial charge in [0.2, 0.25) is 5.91 Å². The highest BCUT2D eigenvalue weighted by Crippen LogP contribution is 1.93. The van der Waals surface area contributed by atoms with Crippen molar-refractivity contribution in [1.82, 2.24) is 5.32 Å². The molecule has 0 aromatic carbocycles.